The molecule has 4 atom stereocenters. The van der Waals surface area contributed by atoms with Crippen LogP contribution in [0.1, 0.15) is 0 Å². The molecule has 7 heteroatoms. The third-order valence-electron chi connectivity index (χ3n) is 3.57. The van der Waals surface area contributed by atoms with E-state index in [1.165, 1.54) is 30.1 Å². The van der Waals surface area contributed by atoms with Gasteiger partial charge in [0.1, 0.15) is 29.5 Å². The second kappa shape index (κ2) is 6.84. The molecule has 2 heterocycles. The lowest BCUT2D eigenvalue weighted by molar-refractivity contribution is -0.0786. The fraction of sp³-hybridized carbons (Fsp3) is 0.312. The Bertz CT molecular complexity index is 687. The van der Waals surface area contributed by atoms with Crippen LogP contribution in [-0.4, -0.2) is 49.8 Å². The maximum absolute atomic E-state index is 13.8. The summed E-state index contributed by atoms with van der Waals surface area (Å²) in [5.74, 6) is 0.250. The molecule has 1 aliphatic heterocycles. The molecular formula is C16H16FNO4S. The molecule has 0 unspecified atom stereocenters. The lowest BCUT2D eigenvalue weighted by Gasteiger charge is -2.34. The highest BCUT2D eigenvalue weighted by atomic mass is 32.2. The van der Waals surface area contributed by atoms with E-state index in [-0.39, 0.29) is 11.4 Å². The predicted molar refractivity (Wildman–Crippen MR) is 84.5 cm³/mol. The van der Waals surface area contributed by atoms with Crippen LogP contribution in [0, 0.1) is 5.82 Å². The van der Waals surface area contributed by atoms with Crippen LogP contribution < -0.4 is 4.74 Å². The van der Waals surface area contributed by atoms with Crippen LogP contribution in [0.3, 0.4) is 0 Å². The van der Waals surface area contributed by atoms with Crippen molar-refractivity contribution in [3.8, 4) is 17.0 Å². The summed E-state index contributed by atoms with van der Waals surface area (Å²) in [6.45, 7) is 0. The second-order valence-electron chi connectivity index (χ2n) is 5.23. The highest BCUT2D eigenvalue weighted by Crippen LogP contribution is 2.31. The van der Waals surface area contributed by atoms with Crippen molar-refractivity contribution in [1.82, 2.24) is 4.98 Å². The number of benzene rings is 1. The number of halogens is 1. The number of hydrogen-bond acceptors (Lipinski definition) is 6. The fourth-order valence-electron chi connectivity index (χ4n) is 2.33. The van der Waals surface area contributed by atoms with Crippen molar-refractivity contribution < 1.29 is 24.4 Å². The van der Waals surface area contributed by atoms with Gasteiger partial charge in [0.05, 0.1) is 6.10 Å². The van der Waals surface area contributed by atoms with Gasteiger partial charge < -0.3 is 20.1 Å². The van der Waals surface area contributed by atoms with Gasteiger partial charge in [-0.15, -0.1) is 11.8 Å². The third-order valence-corrected chi connectivity index (χ3v) is 4.81. The van der Waals surface area contributed by atoms with Gasteiger partial charge in [-0.2, -0.15) is 0 Å². The molecule has 0 bridgehead atoms. The Morgan fingerprint density at radius 3 is 2.74 bits per heavy atom. The topological polar surface area (TPSA) is 82.8 Å². The Balaban J connectivity index is 1.80. The molecule has 23 heavy (non-hydrogen) atoms. The van der Waals surface area contributed by atoms with Crippen LogP contribution in [-0.2, 0) is 0 Å². The quantitative estimate of drug-likeness (QED) is 0.786. The van der Waals surface area contributed by atoms with Crippen molar-refractivity contribution in [3.05, 3.63) is 48.4 Å². The van der Waals surface area contributed by atoms with E-state index in [1.54, 1.807) is 24.3 Å². The lowest BCUT2D eigenvalue weighted by atomic mass is 10.1. The van der Waals surface area contributed by atoms with Crippen molar-refractivity contribution in [2.24, 2.45) is 0 Å². The number of aliphatic hydroxyl groups excluding tert-OH is 3. The molecule has 1 saturated heterocycles. The summed E-state index contributed by atoms with van der Waals surface area (Å²) in [4.78, 5) is 4.02. The number of nitrogens with zero attached hydrogens (tertiary/aromatic N) is 1. The Labute approximate surface area is 136 Å². The fourth-order valence-corrected chi connectivity index (χ4v) is 3.45. The first kappa shape index (κ1) is 16.2. The third kappa shape index (κ3) is 3.48. The number of pyridine rings is 1. The van der Waals surface area contributed by atoms with Crippen molar-refractivity contribution >= 4 is 11.8 Å². The summed E-state index contributed by atoms with van der Waals surface area (Å²) in [6, 6.07) is 9.55. The van der Waals surface area contributed by atoms with Crippen molar-refractivity contribution in [1.29, 1.82) is 0 Å². The van der Waals surface area contributed by atoms with E-state index in [2.05, 4.69) is 4.98 Å². The summed E-state index contributed by atoms with van der Waals surface area (Å²) in [6.07, 6.45) is -1.94. The summed E-state index contributed by atoms with van der Waals surface area (Å²) in [7, 11) is 0. The van der Waals surface area contributed by atoms with Gasteiger partial charge in [0.2, 0.25) is 0 Å². The van der Waals surface area contributed by atoms with E-state index in [1.807, 2.05) is 0 Å². The largest absolute Gasteiger partial charge is 0.477 e. The molecule has 1 aromatic carbocycles. The minimum absolute atomic E-state index is 0.213. The minimum Gasteiger partial charge on any atom is -0.477 e. The zero-order valence-corrected chi connectivity index (χ0v) is 12.9. The summed E-state index contributed by atoms with van der Waals surface area (Å²) < 4.78 is 19.5. The first-order valence-corrected chi connectivity index (χ1v) is 8.14. The summed E-state index contributed by atoms with van der Waals surface area (Å²) in [5, 5.41) is 29.2. The molecule has 3 N–H and O–H groups in total. The monoisotopic (exact) mass is 337 g/mol. The van der Waals surface area contributed by atoms with Gasteiger partial charge in [-0.3, -0.25) is 4.98 Å². The smallest absolute Gasteiger partial charge is 0.173 e. The van der Waals surface area contributed by atoms with Gasteiger partial charge in [-0.05, 0) is 24.3 Å². The highest BCUT2D eigenvalue weighted by Gasteiger charge is 2.38. The van der Waals surface area contributed by atoms with Crippen LogP contribution in [0.2, 0.25) is 0 Å². The van der Waals surface area contributed by atoms with Crippen LogP contribution in [0.4, 0.5) is 4.39 Å². The van der Waals surface area contributed by atoms with Gasteiger partial charge in [0, 0.05) is 17.5 Å². The molecule has 1 aliphatic rings. The molecule has 0 radical (unpaired) electrons. The summed E-state index contributed by atoms with van der Waals surface area (Å²) >= 11 is 1.21. The Hall–Kier alpha value is -1.67. The van der Waals surface area contributed by atoms with E-state index in [9.17, 15) is 19.7 Å². The molecule has 122 valence electrons. The maximum atomic E-state index is 13.8. The van der Waals surface area contributed by atoms with Crippen molar-refractivity contribution in [2.75, 3.05) is 5.75 Å². The number of thioether (sulfide) groups is 1. The average molecular weight is 337 g/mol. The maximum Gasteiger partial charge on any atom is 0.173 e. The predicted octanol–water partition coefficient (Wildman–Crippen LogP) is 1.42. The molecule has 0 spiro atoms. The molecule has 5 nitrogen and oxygen atoms in total. The normalized spacial score (nSPS) is 27.7. The number of ether oxygens (including phenoxy) is 1. The van der Waals surface area contributed by atoms with Crippen molar-refractivity contribution in [3.63, 3.8) is 0 Å². The second-order valence-corrected chi connectivity index (χ2v) is 6.36. The first-order chi connectivity index (χ1) is 11.1. The number of rotatable bonds is 3. The molecule has 0 amide bonds. The van der Waals surface area contributed by atoms with Crippen LogP contribution in [0.15, 0.2) is 42.6 Å². The molecule has 2 aromatic rings. The minimum atomic E-state index is -1.25. The van der Waals surface area contributed by atoms with Crippen LogP contribution in [0.25, 0.3) is 11.3 Å². The average Bonchev–Trinajstić information content (AvgIpc) is 2.56. The molecule has 1 aromatic heterocycles. The number of hydrogen-bond donors (Lipinski definition) is 3. The van der Waals surface area contributed by atoms with Crippen LogP contribution in [0.5, 0.6) is 5.75 Å². The lowest BCUT2D eigenvalue weighted by Crippen LogP contribution is -2.50. The number of aromatic nitrogens is 1. The van der Waals surface area contributed by atoms with E-state index >= 15 is 0 Å². The van der Waals surface area contributed by atoms with Gasteiger partial charge in [0.25, 0.3) is 0 Å². The Morgan fingerprint density at radius 2 is 1.96 bits per heavy atom. The molecule has 1 fully saturated rings. The first-order valence-electron chi connectivity index (χ1n) is 7.09. The number of aliphatic hydroxyl groups is 3. The highest BCUT2D eigenvalue weighted by molar-refractivity contribution is 7.99. The molecular weight excluding hydrogens is 321 g/mol. The Kier molecular flexibility index (Phi) is 4.82. The van der Waals surface area contributed by atoms with E-state index in [0.717, 1.165) is 0 Å². The van der Waals surface area contributed by atoms with Gasteiger partial charge in [-0.1, -0.05) is 12.1 Å². The van der Waals surface area contributed by atoms with Gasteiger partial charge >= 0.3 is 0 Å². The Morgan fingerprint density at radius 1 is 1.13 bits per heavy atom. The van der Waals surface area contributed by atoms with Gasteiger partial charge in [-0.25, -0.2) is 4.39 Å². The van der Waals surface area contributed by atoms with E-state index < -0.39 is 29.6 Å². The zero-order chi connectivity index (χ0) is 16.4. The zero-order valence-electron chi connectivity index (χ0n) is 12.0. The van der Waals surface area contributed by atoms with E-state index in [4.69, 9.17) is 4.74 Å². The molecule has 3 rings (SSSR count). The SMILES string of the molecule is O[C@@H]1[C@@H](O)[C@@H](Oc2cccc(-c3ncccc3F)c2)SC[C@H]1O. The van der Waals surface area contributed by atoms with Crippen LogP contribution >= 0.6 is 11.8 Å². The summed E-state index contributed by atoms with van der Waals surface area (Å²) in [5.41, 5.74) is 0.0546. The van der Waals surface area contributed by atoms with Gasteiger partial charge in [0.15, 0.2) is 5.44 Å². The standard InChI is InChI=1S/C16H16FNO4S/c17-11-5-2-6-18-13(11)9-3-1-4-10(7-9)22-16-15(21)14(20)12(19)8-23-16/h1-7,12,14-16,19-21H,8H2/t12-,14+,15-,16+/m1/s1. The molecule has 0 saturated carbocycles. The molecule has 0 aliphatic carbocycles. The van der Waals surface area contributed by atoms with E-state index in [0.29, 0.717) is 11.3 Å². The van der Waals surface area contributed by atoms with Crippen molar-refractivity contribution in [2.45, 2.75) is 23.7 Å².